The number of hydrogen-bond donors (Lipinski definition) is 2. The van der Waals surface area contributed by atoms with Crippen LogP contribution in [0.25, 0.3) is 22.0 Å². The van der Waals surface area contributed by atoms with Gasteiger partial charge in [0.25, 0.3) is 0 Å². The maximum atomic E-state index is 13.3. The van der Waals surface area contributed by atoms with Crippen molar-refractivity contribution in [2.45, 2.75) is 77.1 Å². The summed E-state index contributed by atoms with van der Waals surface area (Å²) < 4.78 is 5.59. The molecule has 2 bridgehead atoms. The van der Waals surface area contributed by atoms with Crippen LogP contribution in [0.15, 0.2) is 42.5 Å². The number of ether oxygens (including phenoxy) is 1. The van der Waals surface area contributed by atoms with Crippen molar-refractivity contribution >= 4 is 22.9 Å². The van der Waals surface area contributed by atoms with E-state index in [2.05, 4.69) is 27.6 Å². The van der Waals surface area contributed by atoms with Crippen molar-refractivity contribution in [2.24, 2.45) is 5.92 Å². The van der Waals surface area contributed by atoms with Gasteiger partial charge in [0, 0.05) is 23.5 Å². The molecule has 5 rings (SSSR count). The van der Waals surface area contributed by atoms with Crippen LogP contribution in [0.2, 0.25) is 0 Å². The van der Waals surface area contributed by atoms with Crippen LogP contribution in [0.3, 0.4) is 0 Å². The Hall–Kier alpha value is -3.86. The van der Waals surface area contributed by atoms with Crippen LogP contribution in [-0.4, -0.2) is 50.8 Å². The van der Waals surface area contributed by atoms with Crippen molar-refractivity contribution in [1.29, 1.82) is 5.26 Å². The Morgan fingerprint density at radius 3 is 2.62 bits per heavy atom. The average molecular weight is 500 g/mol. The van der Waals surface area contributed by atoms with Gasteiger partial charge < -0.3 is 10.1 Å². The zero-order valence-corrected chi connectivity index (χ0v) is 21.7. The number of aromatic nitrogens is 2. The number of carbonyl (C=O) groups excluding carboxylic acids is 2. The summed E-state index contributed by atoms with van der Waals surface area (Å²) in [6.45, 7) is 7.47. The first-order valence-corrected chi connectivity index (χ1v) is 12.9. The van der Waals surface area contributed by atoms with Gasteiger partial charge in [-0.15, -0.1) is 0 Å². The largest absolute Gasteiger partial charge is 0.444 e. The van der Waals surface area contributed by atoms with E-state index in [0.717, 1.165) is 52.5 Å². The third-order valence-corrected chi connectivity index (χ3v) is 7.40. The first kappa shape index (κ1) is 24.8. The average Bonchev–Trinajstić information content (AvgIpc) is 3.58. The van der Waals surface area contributed by atoms with Crippen LogP contribution in [0.5, 0.6) is 0 Å². The second-order valence-corrected chi connectivity index (χ2v) is 11.2. The maximum absolute atomic E-state index is 13.3. The lowest BCUT2D eigenvalue weighted by Crippen LogP contribution is -2.55. The number of piperidine rings is 1. The summed E-state index contributed by atoms with van der Waals surface area (Å²) in [5.41, 5.74) is 4.44. The zero-order chi connectivity index (χ0) is 26.3. The van der Waals surface area contributed by atoms with E-state index in [1.165, 1.54) is 0 Å². The summed E-state index contributed by atoms with van der Waals surface area (Å²) in [5, 5.41) is 21.1. The molecule has 8 nitrogen and oxygen atoms in total. The SMILES string of the molecule is Cc1[nH]nc2ccc(-c3ccc(C[C@@H](C#N)NC(=O)[C@@H]4[C@H]5CC[C@H](C5)N4C(=O)OC(C)(C)C)cc3)cc12. The van der Waals surface area contributed by atoms with Gasteiger partial charge in [-0.25, -0.2) is 4.79 Å². The molecule has 2 aromatic carbocycles. The van der Waals surface area contributed by atoms with E-state index < -0.39 is 23.8 Å². The van der Waals surface area contributed by atoms with E-state index in [1.54, 1.807) is 4.90 Å². The van der Waals surface area contributed by atoms with Gasteiger partial charge in [-0.3, -0.25) is 14.8 Å². The smallest absolute Gasteiger partial charge is 0.411 e. The van der Waals surface area contributed by atoms with Crippen molar-refractivity contribution in [3.8, 4) is 17.2 Å². The molecule has 4 atom stereocenters. The monoisotopic (exact) mass is 499 g/mol. The predicted octanol–water partition coefficient (Wildman–Crippen LogP) is 4.88. The minimum absolute atomic E-state index is 0.0220. The van der Waals surface area contributed by atoms with Crippen molar-refractivity contribution in [1.82, 2.24) is 20.4 Å². The second kappa shape index (κ2) is 9.55. The highest BCUT2D eigenvalue weighted by Crippen LogP contribution is 2.43. The highest BCUT2D eigenvalue weighted by atomic mass is 16.6. The second-order valence-electron chi connectivity index (χ2n) is 11.2. The summed E-state index contributed by atoms with van der Waals surface area (Å²) in [6.07, 6.45) is 2.53. The Morgan fingerprint density at radius 1 is 1.19 bits per heavy atom. The molecule has 1 aliphatic heterocycles. The van der Waals surface area contributed by atoms with E-state index in [1.807, 2.05) is 64.1 Å². The number of hydrogen-bond acceptors (Lipinski definition) is 5. The number of nitrogens with zero attached hydrogens (tertiary/aromatic N) is 3. The topological polar surface area (TPSA) is 111 Å². The summed E-state index contributed by atoms with van der Waals surface area (Å²) >= 11 is 0. The van der Waals surface area contributed by atoms with E-state index in [0.29, 0.717) is 6.42 Å². The van der Waals surface area contributed by atoms with Crippen LogP contribution in [-0.2, 0) is 16.0 Å². The van der Waals surface area contributed by atoms with Gasteiger partial charge in [0.1, 0.15) is 17.7 Å². The summed E-state index contributed by atoms with van der Waals surface area (Å²) in [7, 11) is 0. The van der Waals surface area contributed by atoms with Gasteiger partial charge in [0.2, 0.25) is 5.91 Å². The number of fused-ring (bicyclic) bond motifs is 3. The Kier molecular flexibility index (Phi) is 6.40. The first-order chi connectivity index (χ1) is 17.6. The molecule has 2 amide bonds. The van der Waals surface area contributed by atoms with E-state index in [9.17, 15) is 14.9 Å². The fourth-order valence-corrected chi connectivity index (χ4v) is 5.68. The lowest BCUT2D eigenvalue weighted by Gasteiger charge is -2.35. The number of aryl methyl sites for hydroxylation is 1. The molecule has 1 aliphatic carbocycles. The number of H-pyrrole nitrogens is 1. The zero-order valence-electron chi connectivity index (χ0n) is 21.7. The van der Waals surface area contributed by atoms with E-state index in [-0.39, 0.29) is 17.9 Å². The van der Waals surface area contributed by atoms with Crippen molar-refractivity contribution in [3.63, 3.8) is 0 Å². The molecule has 2 heterocycles. The minimum atomic E-state index is -0.692. The Labute approximate surface area is 217 Å². The van der Waals surface area contributed by atoms with Gasteiger partial charge in [-0.2, -0.15) is 10.4 Å². The Bertz CT molecular complexity index is 1360. The number of likely N-dealkylation sites (tertiary alicyclic amines) is 1. The Morgan fingerprint density at radius 2 is 1.92 bits per heavy atom. The van der Waals surface area contributed by atoms with Crippen LogP contribution in [0.4, 0.5) is 4.79 Å². The molecule has 2 N–H and O–H groups in total. The molecule has 37 heavy (non-hydrogen) atoms. The standard InChI is InChI=1S/C29H33N5O3/c1-17-24-15-20(10-12-25(24)33-32-17)19-7-5-18(6-8-19)13-22(16-30)31-27(35)26-21-9-11-23(14-21)34(26)28(36)37-29(2,3)4/h5-8,10,12,15,21-23,26H,9,11,13-14H2,1-4H3,(H,31,35)(H,32,33)/t21-,22-,23+,26-/m0/s1. The van der Waals surface area contributed by atoms with Crippen molar-refractivity contribution < 1.29 is 14.3 Å². The lowest BCUT2D eigenvalue weighted by atomic mass is 9.97. The Balaban J connectivity index is 1.26. The first-order valence-electron chi connectivity index (χ1n) is 12.9. The fourth-order valence-electron chi connectivity index (χ4n) is 5.68. The van der Waals surface area contributed by atoms with Gasteiger partial charge in [0.05, 0.1) is 11.6 Å². The molecule has 1 saturated heterocycles. The number of rotatable bonds is 5. The highest BCUT2D eigenvalue weighted by molar-refractivity contribution is 5.88. The molecule has 1 saturated carbocycles. The summed E-state index contributed by atoms with van der Waals surface area (Å²) in [4.78, 5) is 27.8. The molecular formula is C29H33N5O3. The molecule has 0 spiro atoms. The number of nitriles is 1. The molecule has 3 aromatic rings. The maximum Gasteiger partial charge on any atom is 0.411 e. The van der Waals surface area contributed by atoms with Crippen LogP contribution >= 0.6 is 0 Å². The molecule has 8 heteroatoms. The quantitative estimate of drug-likeness (QED) is 0.520. The third kappa shape index (κ3) is 5.04. The third-order valence-electron chi connectivity index (χ3n) is 7.40. The predicted molar refractivity (Wildman–Crippen MR) is 141 cm³/mol. The molecular weight excluding hydrogens is 466 g/mol. The summed E-state index contributed by atoms with van der Waals surface area (Å²) in [6, 6.07) is 15.2. The van der Waals surface area contributed by atoms with E-state index in [4.69, 9.17) is 4.74 Å². The van der Waals surface area contributed by atoms with E-state index >= 15 is 0 Å². The molecule has 2 fully saturated rings. The molecule has 2 aliphatic rings. The fraction of sp³-hybridized carbons (Fsp3) is 0.448. The van der Waals surface area contributed by atoms with Gasteiger partial charge in [0.15, 0.2) is 0 Å². The molecule has 1 aromatic heterocycles. The van der Waals surface area contributed by atoms with Gasteiger partial charge in [-0.05, 0) is 81.7 Å². The summed E-state index contributed by atoms with van der Waals surface area (Å²) in [5.74, 6) is -0.169. The molecule has 0 radical (unpaired) electrons. The minimum Gasteiger partial charge on any atom is -0.444 e. The number of benzene rings is 2. The molecule has 0 unspecified atom stereocenters. The van der Waals surface area contributed by atoms with Crippen LogP contribution in [0, 0.1) is 24.2 Å². The lowest BCUT2D eigenvalue weighted by molar-refractivity contribution is -0.128. The van der Waals surface area contributed by atoms with Crippen molar-refractivity contribution in [2.75, 3.05) is 0 Å². The normalized spacial score (nSPS) is 21.6. The number of carbonyl (C=O) groups is 2. The number of aromatic amines is 1. The van der Waals surface area contributed by atoms with Crippen molar-refractivity contribution in [3.05, 3.63) is 53.7 Å². The van der Waals surface area contributed by atoms with Crippen LogP contribution < -0.4 is 5.32 Å². The highest BCUT2D eigenvalue weighted by Gasteiger charge is 2.52. The van der Waals surface area contributed by atoms with Crippen LogP contribution in [0.1, 0.15) is 51.3 Å². The molecule has 192 valence electrons. The van der Waals surface area contributed by atoms with Gasteiger partial charge >= 0.3 is 6.09 Å². The number of nitrogens with one attached hydrogen (secondary N) is 2. The van der Waals surface area contributed by atoms with Gasteiger partial charge in [-0.1, -0.05) is 30.3 Å². The number of amides is 2.